The molecule has 0 aromatic carbocycles. The summed E-state index contributed by atoms with van der Waals surface area (Å²) in [5.74, 6) is -0.412. The number of nitrogens with one attached hydrogen (secondary N) is 1. The van der Waals surface area contributed by atoms with Crippen LogP contribution in [0.2, 0.25) is 0 Å². The molecule has 1 aliphatic carbocycles. The molecule has 0 bridgehead atoms. The molecule has 0 unspecified atom stereocenters. The van der Waals surface area contributed by atoms with Crippen molar-refractivity contribution in [3.63, 3.8) is 0 Å². The summed E-state index contributed by atoms with van der Waals surface area (Å²) in [4.78, 5) is 25.7. The number of esters is 1. The van der Waals surface area contributed by atoms with Gasteiger partial charge in [0.2, 0.25) is 5.91 Å². The van der Waals surface area contributed by atoms with Crippen LogP contribution < -0.4 is 5.32 Å². The molecule has 2 aromatic rings. The van der Waals surface area contributed by atoms with Gasteiger partial charge in [-0.1, -0.05) is 19.3 Å². The molecule has 1 saturated carbocycles. The molecular weight excluding hydrogens is 324 g/mol. The van der Waals surface area contributed by atoms with Crippen molar-refractivity contribution in [2.45, 2.75) is 64.6 Å². The summed E-state index contributed by atoms with van der Waals surface area (Å²) in [6.45, 7) is 3.80. The van der Waals surface area contributed by atoms with E-state index in [0.29, 0.717) is 5.69 Å². The van der Waals surface area contributed by atoms with Crippen molar-refractivity contribution in [3.05, 3.63) is 23.2 Å². The van der Waals surface area contributed by atoms with E-state index in [4.69, 9.17) is 4.74 Å². The predicted octanol–water partition coefficient (Wildman–Crippen LogP) is 3.72. The van der Waals surface area contributed by atoms with Gasteiger partial charge in [-0.15, -0.1) is 11.3 Å². The minimum Gasteiger partial charge on any atom is -0.458 e. The van der Waals surface area contributed by atoms with Gasteiger partial charge in [-0.3, -0.25) is 4.79 Å². The molecule has 3 rings (SSSR count). The summed E-state index contributed by atoms with van der Waals surface area (Å²) in [5, 5.41) is 6.06. The number of hydrogen-bond donors (Lipinski definition) is 1. The van der Waals surface area contributed by atoms with Crippen LogP contribution in [0.3, 0.4) is 0 Å². The van der Waals surface area contributed by atoms with Crippen LogP contribution in [0.1, 0.15) is 56.4 Å². The highest BCUT2D eigenvalue weighted by atomic mass is 32.1. The SMILES string of the molecule is CC(C)OC(=O)c1cc2ccsc2n1CC(=O)NC1CCCCC1. The van der Waals surface area contributed by atoms with Gasteiger partial charge in [-0.05, 0) is 44.2 Å². The lowest BCUT2D eigenvalue weighted by Crippen LogP contribution is -2.38. The van der Waals surface area contributed by atoms with Gasteiger partial charge >= 0.3 is 5.97 Å². The third kappa shape index (κ3) is 3.80. The van der Waals surface area contributed by atoms with Gasteiger partial charge in [-0.25, -0.2) is 4.79 Å². The Morgan fingerprint density at radius 1 is 1.33 bits per heavy atom. The first-order valence-corrected chi connectivity index (χ1v) is 9.49. The number of carbonyl (C=O) groups is 2. The number of rotatable bonds is 5. The maximum atomic E-state index is 12.5. The quantitative estimate of drug-likeness (QED) is 0.838. The third-order valence-corrected chi connectivity index (χ3v) is 5.28. The molecule has 6 heteroatoms. The zero-order valence-corrected chi connectivity index (χ0v) is 15.0. The standard InChI is InChI=1S/C18H24N2O3S/c1-12(2)23-18(22)15-10-13-8-9-24-17(13)20(15)11-16(21)19-14-6-4-3-5-7-14/h8-10,12,14H,3-7,11H2,1-2H3,(H,19,21). The van der Waals surface area contributed by atoms with Crippen LogP contribution in [0.15, 0.2) is 17.5 Å². The Morgan fingerprint density at radius 2 is 2.08 bits per heavy atom. The van der Waals surface area contributed by atoms with Gasteiger partial charge in [0.05, 0.1) is 6.10 Å². The molecule has 2 heterocycles. The van der Waals surface area contributed by atoms with Crippen molar-refractivity contribution in [1.82, 2.24) is 9.88 Å². The first-order valence-electron chi connectivity index (χ1n) is 8.61. The number of fused-ring (bicyclic) bond motifs is 1. The molecule has 1 aliphatic rings. The van der Waals surface area contributed by atoms with E-state index >= 15 is 0 Å². The van der Waals surface area contributed by atoms with E-state index in [-0.39, 0.29) is 30.6 Å². The molecule has 0 radical (unpaired) electrons. The van der Waals surface area contributed by atoms with Gasteiger partial charge in [0.15, 0.2) is 0 Å². The first kappa shape index (κ1) is 17.0. The zero-order valence-electron chi connectivity index (χ0n) is 14.2. The van der Waals surface area contributed by atoms with Crippen LogP contribution >= 0.6 is 11.3 Å². The largest absolute Gasteiger partial charge is 0.458 e. The van der Waals surface area contributed by atoms with Gasteiger partial charge in [0.25, 0.3) is 0 Å². The Balaban J connectivity index is 1.77. The molecule has 1 amide bonds. The van der Waals surface area contributed by atoms with Gasteiger partial charge < -0.3 is 14.6 Å². The highest BCUT2D eigenvalue weighted by molar-refractivity contribution is 7.16. The first-order chi connectivity index (χ1) is 11.5. The molecule has 1 fully saturated rings. The summed E-state index contributed by atoms with van der Waals surface area (Å²) in [6.07, 6.45) is 5.52. The van der Waals surface area contributed by atoms with E-state index < -0.39 is 0 Å². The van der Waals surface area contributed by atoms with E-state index in [0.717, 1.165) is 23.1 Å². The number of carbonyl (C=O) groups excluding carboxylic acids is 2. The smallest absolute Gasteiger partial charge is 0.355 e. The van der Waals surface area contributed by atoms with Gasteiger partial charge in [-0.2, -0.15) is 0 Å². The predicted molar refractivity (Wildman–Crippen MR) is 95.4 cm³/mol. The topological polar surface area (TPSA) is 60.3 Å². The normalized spacial score (nSPS) is 15.8. The maximum Gasteiger partial charge on any atom is 0.355 e. The summed E-state index contributed by atoms with van der Waals surface area (Å²) in [7, 11) is 0. The van der Waals surface area contributed by atoms with Crippen molar-refractivity contribution in [3.8, 4) is 0 Å². The summed E-state index contributed by atoms with van der Waals surface area (Å²) in [6, 6.07) is 4.04. The Kier molecular flexibility index (Phi) is 5.23. The van der Waals surface area contributed by atoms with Gasteiger partial charge in [0, 0.05) is 11.4 Å². The fraction of sp³-hybridized carbons (Fsp3) is 0.556. The summed E-state index contributed by atoms with van der Waals surface area (Å²) < 4.78 is 7.10. The van der Waals surface area contributed by atoms with E-state index in [1.54, 1.807) is 4.57 Å². The second-order valence-corrected chi connectivity index (χ2v) is 7.55. The van der Waals surface area contributed by atoms with Crippen LogP contribution in [0.4, 0.5) is 0 Å². The van der Waals surface area contributed by atoms with Gasteiger partial charge in [0.1, 0.15) is 17.1 Å². The van der Waals surface area contributed by atoms with Crippen LogP contribution in [0, 0.1) is 0 Å². The lowest BCUT2D eigenvalue weighted by atomic mass is 9.95. The van der Waals surface area contributed by atoms with Crippen LogP contribution in [0.25, 0.3) is 10.2 Å². The fourth-order valence-corrected chi connectivity index (χ4v) is 4.14. The van der Waals surface area contributed by atoms with E-state index in [1.807, 2.05) is 31.4 Å². The molecule has 1 N–H and O–H groups in total. The number of thiophene rings is 1. The zero-order chi connectivity index (χ0) is 17.1. The van der Waals surface area contributed by atoms with E-state index in [9.17, 15) is 9.59 Å². The molecular formula is C18H24N2O3S. The third-order valence-electron chi connectivity index (χ3n) is 4.33. The van der Waals surface area contributed by atoms with Crippen LogP contribution in [-0.4, -0.2) is 28.6 Å². The molecule has 0 spiro atoms. The average Bonchev–Trinajstić information content (AvgIpc) is 3.10. The number of ether oxygens (including phenoxy) is 1. The van der Waals surface area contributed by atoms with Crippen molar-refractivity contribution < 1.29 is 14.3 Å². The molecule has 0 atom stereocenters. The van der Waals surface area contributed by atoms with Crippen LogP contribution in [-0.2, 0) is 16.1 Å². The Morgan fingerprint density at radius 3 is 2.79 bits per heavy atom. The Hall–Kier alpha value is -1.82. The second-order valence-electron chi connectivity index (χ2n) is 6.65. The average molecular weight is 348 g/mol. The minimum atomic E-state index is -0.376. The monoisotopic (exact) mass is 348 g/mol. The molecule has 5 nitrogen and oxygen atoms in total. The lowest BCUT2D eigenvalue weighted by molar-refractivity contribution is -0.122. The van der Waals surface area contributed by atoms with E-state index in [2.05, 4.69) is 5.32 Å². The molecule has 24 heavy (non-hydrogen) atoms. The highest BCUT2D eigenvalue weighted by Crippen LogP contribution is 2.26. The molecule has 130 valence electrons. The number of amides is 1. The Bertz CT molecular complexity index is 726. The summed E-state index contributed by atoms with van der Waals surface area (Å²) >= 11 is 1.53. The second kappa shape index (κ2) is 7.38. The molecule has 2 aromatic heterocycles. The highest BCUT2D eigenvalue weighted by Gasteiger charge is 2.22. The number of hydrogen-bond acceptors (Lipinski definition) is 4. The maximum absolute atomic E-state index is 12.5. The number of aromatic nitrogens is 1. The minimum absolute atomic E-state index is 0.0357. The van der Waals surface area contributed by atoms with Crippen molar-refractivity contribution in [2.24, 2.45) is 0 Å². The lowest BCUT2D eigenvalue weighted by Gasteiger charge is -2.23. The van der Waals surface area contributed by atoms with Crippen molar-refractivity contribution in [1.29, 1.82) is 0 Å². The molecule has 0 aliphatic heterocycles. The van der Waals surface area contributed by atoms with Crippen LogP contribution in [0.5, 0.6) is 0 Å². The van der Waals surface area contributed by atoms with Crippen molar-refractivity contribution in [2.75, 3.05) is 0 Å². The van der Waals surface area contributed by atoms with Crippen molar-refractivity contribution >= 4 is 33.4 Å². The fourth-order valence-electron chi connectivity index (χ4n) is 3.24. The van der Waals surface area contributed by atoms with E-state index in [1.165, 1.54) is 30.6 Å². The Labute approximate surface area is 146 Å². The number of nitrogens with zero attached hydrogens (tertiary/aromatic N) is 1. The summed E-state index contributed by atoms with van der Waals surface area (Å²) in [5.41, 5.74) is 0.448. The molecule has 0 saturated heterocycles.